The molecule has 33 heavy (non-hydrogen) atoms. The van der Waals surface area contributed by atoms with Gasteiger partial charge in [0.15, 0.2) is 5.43 Å². The molecule has 4 rings (SSSR count). The van der Waals surface area contributed by atoms with Crippen molar-refractivity contribution in [2.24, 2.45) is 0 Å². The number of hydrogen-bond acceptors (Lipinski definition) is 8. The van der Waals surface area contributed by atoms with Gasteiger partial charge in [0.25, 0.3) is 5.09 Å². The fourth-order valence-electron chi connectivity index (χ4n) is 4.50. The van der Waals surface area contributed by atoms with Crippen molar-refractivity contribution in [3.63, 3.8) is 0 Å². The van der Waals surface area contributed by atoms with Gasteiger partial charge in [0.05, 0.1) is 19.2 Å². The smallest absolute Gasteiger partial charge is 0.294 e. The normalized spacial score (nSPS) is 18.4. The Morgan fingerprint density at radius 3 is 2.61 bits per heavy atom. The molecule has 3 aromatic rings. The van der Waals surface area contributed by atoms with Crippen molar-refractivity contribution < 1.29 is 23.8 Å². The summed E-state index contributed by atoms with van der Waals surface area (Å²) in [5.74, 6) is 0.835. The maximum absolute atomic E-state index is 13.2. The van der Waals surface area contributed by atoms with Gasteiger partial charge < -0.3 is 23.6 Å². The first-order valence-corrected chi connectivity index (χ1v) is 10.7. The van der Waals surface area contributed by atoms with Crippen molar-refractivity contribution in [1.82, 2.24) is 4.90 Å². The Labute approximate surface area is 194 Å². The Morgan fingerprint density at radius 1 is 1.21 bits per heavy atom. The van der Waals surface area contributed by atoms with Crippen LogP contribution >= 0.6 is 11.6 Å². The van der Waals surface area contributed by atoms with Crippen LogP contribution in [0, 0.1) is 10.1 Å². The van der Waals surface area contributed by atoms with Crippen molar-refractivity contribution in [3.8, 4) is 22.8 Å². The molecule has 0 unspecified atom stereocenters. The summed E-state index contributed by atoms with van der Waals surface area (Å²) >= 11 is 6.36. The van der Waals surface area contributed by atoms with Gasteiger partial charge in [0, 0.05) is 35.2 Å². The van der Waals surface area contributed by atoms with Gasteiger partial charge in [-0.1, -0.05) is 23.7 Å². The predicted octanol–water partition coefficient (Wildman–Crippen LogP) is 4.13. The molecule has 0 amide bonds. The summed E-state index contributed by atoms with van der Waals surface area (Å²) in [4.78, 5) is 30.8. The lowest BCUT2D eigenvalue weighted by atomic mass is 9.89. The van der Waals surface area contributed by atoms with Crippen LogP contribution in [0.1, 0.15) is 17.9 Å². The molecule has 1 fully saturated rings. The number of hydrogen-bond donors (Lipinski definition) is 0. The largest absolute Gasteiger partial charge is 0.496 e. The number of likely N-dealkylation sites (N-methyl/N-ethyl adjacent to an activating group) is 1. The third-order valence-corrected chi connectivity index (χ3v) is 6.42. The van der Waals surface area contributed by atoms with E-state index in [1.54, 1.807) is 30.3 Å². The third kappa shape index (κ3) is 4.21. The van der Waals surface area contributed by atoms with E-state index in [0.717, 1.165) is 0 Å². The van der Waals surface area contributed by atoms with Crippen LogP contribution in [-0.2, 0) is 4.84 Å². The average molecular weight is 475 g/mol. The van der Waals surface area contributed by atoms with Gasteiger partial charge >= 0.3 is 0 Å². The summed E-state index contributed by atoms with van der Waals surface area (Å²) in [6, 6.07) is 9.77. The molecule has 0 radical (unpaired) electrons. The van der Waals surface area contributed by atoms with Crippen LogP contribution in [-0.4, -0.2) is 50.4 Å². The highest BCUT2D eigenvalue weighted by Gasteiger charge is 2.38. The van der Waals surface area contributed by atoms with E-state index in [9.17, 15) is 14.9 Å². The number of fused-ring (bicyclic) bond motifs is 1. The molecule has 9 nitrogen and oxygen atoms in total. The van der Waals surface area contributed by atoms with E-state index in [1.807, 2.05) is 11.9 Å². The summed E-state index contributed by atoms with van der Waals surface area (Å²) in [5.41, 5.74) is 1.22. The summed E-state index contributed by atoms with van der Waals surface area (Å²) in [6.45, 7) is 0.556. The number of methoxy groups -OCH3 is 2. The molecule has 2 aromatic carbocycles. The Bertz CT molecular complexity index is 1260. The SMILES string of the molecule is COc1cc(OC)c2c(=O)cc(-c3ccccc3Cl)oc2c1[C@H]1CCN(C)[C@@H]1CO[N+](=O)[O-]. The number of likely N-dealkylation sites (tertiary alicyclic amines) is 1. The lowest BCUT2D eigenvalue weighted by Gasteiger charge is -2.26. The van der Waals surface area contributed by atoms with Crippen LogP contribution in [0.15, 0.2) is 45.6 Å². The monoisotopic (exact) mass is 474 g/mol. The molecule has 10 heteroatoms. The van der Waals surface area contributed by atoms with E-state index in [2.05, 4.69) is 0 Å². The van der Waals surface area contributed by atoms with E-state index in [0.29, 0.717) is 52.0 Å². The summed E-state index contributed by atoms with van der Waals surface area (Å²) < 4.78 is 17.4. The second kappa shape index (κ2) is 9.29. The van der Waals surface area contributed by atoms with E-state index in [1.165, 1.54) is 20.3 Å². The molecule has 1 aromatic heterocycles. The molecule has 1 saturated heterocycles. The van der Waals surface area contributed by atoms with E-state index >= 15 is 0 Å². The minimum atomic E-state index is -0.803. The first-order valence-electron chi connectivity index (χ1n) is 10.3. The fraction of sp³-hybridized carbons (Fsp3) is 0.348. The maximum atomic E-state index is 13.2. The lowest BCUT2D eigenvalue weighted by Crippen LogP contribution is -2.34. The number of rotatable bonds is 7. The van der Waals surface area contributed by atoms with Crippen molar-refractivity contribution >= 4 is 22.6 Å². The zero-order valence-corrected chi connectivity index (χ0v) is 19.1. The zero-order chi connectivity index (χ0) is 23.7. The van der Waals surface area contributed by atoms with Crippen molar-refractivity contribution in [2.45, 2.75) is 18.4 Å². The first-order chi connectivity index (χ1) is 15.8. The number of halogens is 1. The molecular formula is C23H23ClN2O7. The minimum absolute atomic E-state index is 0.126. The van der Waals surface area contributed by atoms with Crippen LogP contribution in [0.5, 0.6) is 11.5 Å². The van der Waals surface area contributed by atoms with Crippen molar-refractivity contribution in [1.29, 1.82) is 0 Å². The Kier molecular flexibility index (Phi) is 6.44. The molecule has 1 aliphatic heterocycles. The molecule has 0 spiro atoms. The van der Waals surface area contributed by atoms with Crippen LogP contribution < -0.4 is 14.9 Å². The van der Waals surface area contributed by atoms with Gasteiger partial charge in [-0.3, -0.25) is 4.79 Å². The highest BCUT2D eigenvalue weighted by atomic mass is 35.5. The van der Waals surface area contributed by atoms with Crippen LogP contribution in [0.3, 0.4) is 0 Å². The molecule has 0 saturated carbocycles. The number of nitrogens with zero attached hydrogens (tertiary/aromatic N) is 2. The van der Waals surface area contributed by atoms with E-state index in [4.69, 9.17) is 30.3 Å². The van der Waals surface area contributed by atoms with Crippen LogP contribution in [0.2, 0.25) is 5.02 Å². The first kappa shape index (κ1) is 22.9. The Morgan fingerprint density at radius 2 is 1.94 bits per heavy atom. The summed E-state index contributed by atoms with van der Waals surface area (Å²) in [6.07, 6.45) is 0.667. The zero-order valence-electron chi connectivity index (χ0n) is 18.4. The molecule has 1 aliphatic rings. The molecular weight excluding hydrogens is 452 g/mol. The van der Waals surface area contributed by atoms with Gasteiger partial charge in [-0.15, -0.1) is 10.1 Å². The van der Waals surface area contributed by atoms with Crippen molar-refractivity contribution in [2.75, 3.05) is 34.4 Å². The average Bonchev–Trinajstić information content (AvgIpc) is 3.16. The van der Waals surface area contributed by atoms with E-state index < -0.39 is 5.09 Å². The molecule has 2 atom stereocenters. The predicted molar refractivity (Wildman–Crippen MR) is 123 cm³/mol. The fourth-order valence-corrected chi connectivity index (χ4v) is 4.73. The van der Waals surface area contributed by atoms with Gasteiger partial charge in [0.2, 0.25) is 0 Å². The Balaban J connectivity index is 1.99. The Hall–Kier alpha value is -3.30. The van der Waals surface area contributed by atoms with Crippen LogP contribution in [0.4, 0.5) is 0 Å². The molecule has 0 N–H and O–H groups in total. The van der Waals surface area contributed by atoms with Gasteiger partial charge in [-0.2, -0.15) is 0 Å². The lowest BCUT2D eigenvalue weighted by molar-refractivity contribution is -0.758. The van der Waals surface area contributed by atoms with Gasteiger partial charge in [0.1, 0.15) is 34.8 Å². The van der Waals surface area contributed by atoms with Crippen molar-refractivity contribution in [3.05, 3.63) is 67.3 Å². The minimum Gasteiger partial charge on any atom is -0.496 e. The molecule has 174 valence electrons. The van der Waals surface area contributed by atoms with Gasteiger partial charge in [-0.05, 0) is 32.1 Å². The number of ether oxygens (including phenoxy) is 2. The molecule has 0 bridgehead atoms. The molecule has 2 heterocycles. The highest BCUT2D eigenvalue weighted by Crippen LogP contribution is 2.45. The summed E-state index contributed by atoms with van der Waals surface area (Å²) in [5, 5.41) is 10.8. The molecule has 0 aliphatic carbocycles. The quantitative estimate of drug-likeness (QED) is 0.372. The third-order valence-electron chi connectivity index (χ3n) is 6.09. The number of benzene rings is 2. The topological polar surface area (TPSA) is 104 Å². The second-order valence-corrected chi connectivity index (χ2v) is 8.22. The van der Waals surface area contributed by atoms with Gasteiger partial charge in [-0.25, -0.2) is 0 Å². The second-order valence-electron chi connectivity index (χ2n) is 7.82. The summed E-state index contributed by atoms with van der Waals surface area (Å²) in [7, 11) is 4.85. The van der Waals surface area contributed by atoms with Crippen LogP contribution in [0.25, 0.3) is 22.3 Å². The van der Waals surface area contributed by atoms with E-state index in [-0.39, 0.29) is 29.4 Å². The maximum Gasteiger partial charge on any atom is 0.294 e. The highest BCUT2D eigenvalue weighted by molar-refractivity contribution is 6.33. The standard InChI is InChI=1S/C23H23ClN2O7/c1-25-9-8-14(16(25)12-32-26(28)29)21-19(30-2)11-20(31-3)22-17(27)10-18(33-23(21)22)13-6-4-5-7-15(13)24/h4-7,10-11,14,16H,8-9,12H2,1-3H3/t14-,16+/m0/s1.